The third-order valence-electron chi connectivity index (χ3n) is 7.11. The van der Waals surface area contributed by atoms with Crippen LogP contribution in [-0.4, -0.2) is 70.6 Å². The van der Waals surface area contributed by atoms with Gasteiger partial charge in [0, 0.05) is 33.0 Å². The number of halogens is 1. The van der Waals surface area contributed by atoms with Gasteiger partial charge in [0.15, 0.2) is 0 Å². The summed E-state index contributed by atoms with van der Waals surface area (Å²) in [6.07, 6.45) is 3.21. The molecule has 0 radical (unpaired) electrons. The van der Waals surface area contributed by atoms with Gasteiger partial charge in [-0.2, -0.15) is 0 Å². The predicted octanol–water partition coefficient (Wildman–Crippen LogP) is 2.55. The Bertz CT molecular complexity index is 1400. The number of H-pyrrole nitrogens is 1. The number of fused-ring (bicyclic) bond motifs is 1. The topological polar surface area (TPSA) is 121 Å². The van der Waals surface area contributed by atoms with Crippen molar-refractivity contribution in [2.45, 2.75) is 45.1 Å². The lowest BCUT2D eigenvalue weighted by Gasteiger charge is -2.20. The van der Waals surface area contributed by atoms with E-state index in [-0.39, 0.29) is 36.5 Å². The van der Waals surface area contributed by atoms with Crippen LogP contribution in [-0.2, 0) is 22.4 Å². The van der Waals surface area contributed by atoms with Gasteiger partial charge in [-0.1, -0.05) is 18.2 Å². The molecule has 2 aromatic carbocycles. The van der Waals surface area contributed by atoms with Gasteiger partial charge in [0.25, 0.3) is 11.8 Å². The molecule has 0 bridgehead atoms. The second kappa shape index (κ2) is 11.2. The summed E-state index contributed by atoms with van der Waals surface area (Å²) in [6.45, 7) is 3.37. The van der Waals surface area contributed by atoms with Gasteiger partial charge in [-0.05, 0) is 61.1 Å². The smallest absolute Gasteiger partial charge is 0.291 e. The number of nitrogens with zero attached hydrogens (tertiary/aromatic N) is 4. The fourth-order valence-electron chi connectivity index (χ4n) is 4.85. The molecule has 5 rings (SSSR count). The number of anilines is 1. The van der Waals surface area contributed by atoms with E-state index in [1.54, 1.807) is 32.2 Å². The van der Waals surface area contributed by atoms with Crippen LogP contribution in [0.15, 0.2) is 36.4 Å². The summed E-state index contributed by atoms with van der Waals surface area (Å²) in [4.78, 5) is 46.0. The normalized spacial score (nSPS) is 17.0. The first-order valence-corrected chi connectivity index (χ1v) is 13.1. The molecule has 1 aromatic heterocycles. The largest absolute Gasteiger partial charge is 0.489 e. The van der Waals surface area contributed by atoms with E-state index >= 15 is 0 Å². The van der Waals surface area contributed by atoms with Crippen LogP contribution in [0.25, 0.3) is 0 Å². The van der Waals surface area contributed by atoms with Gasteiger partial charge in [0.05, 0.1) is 5.69 Å². The third-order valence-corrected chi connectivity index (χ3v) is 7.11. The van der Waals surface area contributed by atoms with Gasteiger partial charge in [0.1, 0.15) is 30.0 Å². The van der Waals surface area contributed by atoms with Crippen molar-refractivity contribution in [2.24, 2.45) is 0 Å². The molecule has 2 aliphatic rings. The summed E-state index contributed by atoms with van der Waals surface area (Å²) in [5, 5.41) is 9.25. The zero-order chi connectivity index (χ0) is 27.5. The van der Waals surface area contributed by atoms with Crippen LogP contribution in [0, 0.1) is 12.7 Å². The minimum Gasteiger partial charge on any atom is -0.489 e. The van der Waals surface area contributed by atoms with E-state index in [9.17, 15) is 18.8 Å². The van der Waals surface area contributed by atoms with Crippen molar-refractivity contribution in [3.05, 3.63) is 70.6 Å². The minimum absolute atomic E-state index is 0.0689. The van der Waals surface area contributed by atoms with Crippen molar-refractivity contribution < 1.29 is 23.5 Å². The first-order chi connectivity index (χ1) is 18.8. The van der Waals surface area contributed by atoms with Crippen LogP contribution in [0.4, 0.5) is 10.1 Å². The monoisotopic (exact) mass is 534 g/mol. The zero-order valence-corrected chi connectivity index (χ0v) is 22.0. The molecule has 3 heterocycles. The Hall–Kier alpha value is -4.28. The first-order valence-electron chi connectivity index (χ1n) is 13.1. The van der Waals surface area contributed by atoms with Crippen molar-refractivity contribution in [1.82, 2.24) is 25.4 Å². The number of carbonyl (C=O) groups is 3. The van der Waals surface area contributed by atoms with Gasteiger partial charge in [-0.15, -0.1) is 5.10 Å². The number of aromatic amines is 1. The highest BCUT2D eigenvalue weighted by molar-refractivity contribution is 6.02. The molecular formula is C28H31FN6O4. The fraction of sp³-hybridized carbons (Fsp3) is 0.393. The number of likely N-dealkylation sites (tertiary alicyclic amines) is 1. The van der Waals surface area contributed by atoms with Gasteiger partial charge in [0.2, 0.25) is 11.7 Å². The number of benzene rings is 2. The number of ether oxygens (including phenoxy) is 1. The van der Waals surface area contributed by atoms with Crippen molar-refractivity contribution in [1.29, 1.82) is 0 Å². The van der Waals surface area contributed by atoms with E-state index in [1.165, 1.54) is 11.0 Å². The molecular weight excluding hydrogens is 503 g/mol. The maximum Gasteiger partial charge on any atom is 0.291 e. The first kappa shape index (κ1) is 26.3. The summed E-state index contributed by atoms with van der Waals surface area (Å²) in [5.41, 5.74) is 2.73. The van der Waals surface area contributed by atoms with Gasteiger partial charge >= 0.3 is 0 Å². The van der Waals surface area contributed by atoms with Crippen LogP contribution in [0.5, 0.6) is 5.75 Å². The summed E-state index contributed by atoms with van der Waals surface area (Å²) in [5.74, 6) is -0.536. The number of amides is 3. The highest BCUT2D eigenvalue weighted by Gasteiger charge is 2.32. The molecule has 1 atom stereocenters. The van der Waals surface area contributed by atoms with Crippen molar-refractivity contribution in [2.75, 3.05) is 31.6 Å². The molecule has 2 aliphatic heterocycles. The molecule has 0 saturated carbocycles. The molecule has 2 N–H and O–H groups in total. The van der Waals surface area contributed by atoms with Crippen molar-refractivity contribution in [3.63, 3.8) is 0 Å². The van der Waals surface area contributed by atoms with Crippen molar-refractivity contribution in [3.8, 4) is 5.75 Å². The lowest BCUT2D eigenvalue weighted by molar-refractivity contribution is -0.130. The molecule has 204 valence electrons. The predicted molar refractivity (Wildman–Crippen MR) is 141 cm³/mol. The fourth-order valence-corrected chi connectivity index (χ4v) is 4.85. The van der Waals surface area contributed by atoms with E-state index in [4.69, 9.17) is 4.74 Å². The summed E-state index contributed by atoms with van der Waals surface area (Å²) in [7, 11) is 1.62. The molecule has 10 nitrogen and oxygen atoms in total. The van der Waals surface area contributed by atoms with Gasteiger partial charge in [-0.25, -0.2) is 9.37 Å². The Labute approximate surface area is 225 Å². The Balaban J connectivity index is 1.21. The number of carbonyl (C=O) groups excluding carboxylic acids is 3. The molecule has 1 fully saturated rings. The Kier molecular flexibility index (Phi) is 7.58. The lowest BCUT2D eigenvalue weighted by atomic mass is 10.1. The summed E-state index contributed by atoms with van der Waals surface area (Å²) in [6, 6.07) is 9.45. The Morgan fingerprint density at radius 2 is 1.97 bits per heavy atom. The SMILES string of the molecule is Cc1ccc(Cc2nc(C(=O)NC3COc4ccc(CCC(=O)N5CCCC5)cc4N(C)C3=O)n[nH]2)c(F)c1. The van der Waals surface area contributed by atoms with E-state index in [0.717, 1.165) is 37.1 Å². The third kappa shape index (κ3) is 5.92. The second-order valence-electron chi connectivity index (χ2n) is 10.0. The number of rotatable bonds is 7. The molecule has 3 aromatic rings. The standard InChI is InChI=1S/C28H31FN6O4/c1-17-5-8-19(20(29)13-17)15-24-31-26(33-32-24)27(37)30-21-16-39-23-9-6-18(14-22(23)34(2)28(21)38)7-10-25(36)35-11-3-4-12-35/h5-6,8-9,13-14,21H,3-4,7,10-12,15-16H2,1-2H3,(H,30,37)(H,31,32,33). The van der Waals surface area contributed by atoms with E-state index < -0.39 is 11.9 Å². The molecule has 1 saturated heterocycles. The van der Waals surface area contributed by atoms with Crippen molar-refractivity contribution >= 4 is 23.4 Å². The van der Waals surface area contributed by atoms with Crippen LogP contribution < -0.4 is 15.0 Å². The number of nitrogens with one attached hydrogen (secondary N) is 2. The maximum absolute atomic E-state index is 14.2. The quantitative estimate of drug-likeness (QED) is 0.481. The van der Waals surface area contributed by atoms with Crippen LogP contribution in [0.1, 0.15) is 52.4 Å². The number of hydrogen-bond donors (Lipinski definition) is 2. The highest BCUT2D eigenvalue weighted by Crippen LogP contribution is 2.32. The van der Waals surface area contributed by atoms with Crippen LogP contribution in [0.2, 0.25) is 0 Å². The number of aryl methyl sites for hydroxylation is 2. The Morgan fingerprint density at radius 3 is 2.74 bits per heavy atom. The summed E-state index contributed by atoms with van der Waals surface area (Å²) >= 11 is 0. The highest BCUT2D eigenvalue weighted by atomic mass is 19.1. The maximum atomic E-state index is 14.2. The number of likely N-dealkylation sites (N-methyl/N-ethyl adjacent to an activating group) is 1. The lowest BCUT2D eigenvalue weighted by Crippen LogP contribution is -2.49. The second-order valence-corrected chi connectivity index (χ2v) is 10.0. The van der Waals surface area contributed by atoms with E-state index in [2.05, 4.69) is 20.5 Å². The number of hydrogen-bond acceptors (Lipinski definition) is 6. The molecule has 0 spiro atoms. The van der Waals surface area contributed by atoms with E-state index in [0.29, 0.717) is 35.7 Å². The molecule has 1 unspecified atom stereocenters. The summed E-state index contributed by atoms with van der Waals surface area (Å²) < 4.78 is 20.1. The van der Waals surface area contributed by atoms with E-state index in [1.807, 2.05) is 17.0 Å². The van der Waals surface area contributed by atoms with Gasteiger partial charge < -0.3 is 19.9 Å². The van der Waals surface area contributed by atoms with Crippen LogP contribution >= 0.6 is 0 Å². The molecule has 39 heavy (non-hydrogen) atoms. The molecule has 0 aliphatic carbocycles. The Morgan fingerprint density at radius 1 is 1.18 bits per heavy atom. The number of aromatic nitrogens is 3. The average Bonchev–Trinajstić information content (AvgIpc) is 3.62. The molecule has 11 heteroatoms. The molecule has 3 amide bonds. The average molecular weight is 535 g/mol. The minimum atomic E-state index is -0.966. The zero-order valence-electron chi connectivity index (χ0n) is 22.0. The van der Waals surface area contributed by atoms with Crippen LogP contribution in [0.3, 0.4) is 0 Å². The van der Waals surface area contributed by atoms with Gasteiger partial charge in [-0.3, -0.25) is 19.5 Å².